The number of Topliss-reactive ketones (excluding diaryl/α,β-unsaturated/α-hetero) is 1. The van der Waals surface area contributed by atoms with Crippen LogP contribution in [0.25, 0.3) is 11.0 Å². The SMILES string of the molecule is CC(C)C1(C(=O)c2cc3cccc(Cl)c3o2)CCNC1. The van der Waals surface area contributed by atoms with Gasteiger partial charge >= 0.3 is 0 Å². The summed E-state index contributed by atoms with van der Waals surface area (Å²) in [4.78, 5) is 12.9. The molecule has 1 fully saturated rings. The highest BCUT2D eigenvalue weighted by Gasteiger charge is 2.45. The Hall–Kier alpha value is -1.32. The molecule has 0 saturated carbocycles. The lowest BCUT2D eigenvalue weighted by molar-refractivity contribution is 0.0711. The number of hydrogen-bond acceptors (Lipinski definition) is 3. The Morgan fingerprint density at radius 2 is 2.25 bits per heavy atom. The van der Waals surface area contributed by atoms with Crippen molar-refractivity contribution in [1.82, 2.24) is 5.32 Å². The molecule has 1 aromatic heterocycles. The van der Waals surface area contributed by atoms with Gasteiger partial charge in [-0.1, -0.05) is 37.6 Å². The number of carbonyl (C=O) groups is 1. The van der Waals surface area contributed by atoms with E-state index in [2.05, 4.69) is 19.2 Å². The summed E-state index contributed by atoms with van der Waals surface area (Å²) >= 11 is 6.11. The molecule has 1 aromatic carbocycles. The van der Waals surface area contributed by atoms with Crippen LogP contribution in [0.2, 0.25) is 5.02 Å². The molecule has 2 aromatic rings. The molecule has 1 saturated heterocycles. The summed E-state index contributed by atoms with van der Waals surface area (Å²) in [5.41, 5.74) is 0.239. The fourth-order valence-electron chi connectivity index (χ4n) is 3.04. The van der Waals surface area contributed by atoms with E-state index in [4.69, 9.17) is 16.0 Å². The molecule has 1 aliphatic heterocycles. The topological polar surface area (TPSA) is 42.2 Å². The Bertz CT molecular complexity index is 654. The van der Waals surface area contributed by atoms with Gasteiger partial charge in [-0.15, -0.1) is 0 Å². The molecule has 1 N–H and O–H groups in total. The van der Waals surface area contributed by atoms with E-state index in [1.165, 1.54) is 0 Å². The van der Waals surface area contributed by atoms with E-state index < -0.39 is 0 Å². The van der Waals surface area contributed by atoms with Crippen LogP contribution in [0.5, 0.6) is 0 Å². The van der Waals surface area contributed by atoms with Gasteiger partial charge in [-0.3, -0.25) is 4.79 Å². The van der Waals surface area contributed by atoms with Crippen LogP contribution in [-0.4, -0.2) is 18.9 Å². The van der Waals surface area contributed by atoms with Crippen molar-refractivity contribution in [3.63, 3.8) is 0 Å². The molecule has 0 bridgehead atoms. The van der Waals surface area contributed by atoms with Gasteiger partial charge in [-0.05, 0) is 31.0 Å². The number of hydrogen-bond donors (Lipinski definition) is 1. The summed E-state index contributed by atoms with van der Waals surface area (Å²) in [5, 5.41) is 4.73. The first-order chi connectivity index (χ1) is 9.54. The lowest BCUT2D eigenvalue weighted by atomic mass is 9.72. The molecule has 0 aliphatic carbocycles. The van der Waals surface area contributed by atoms with Crippen LogP contribution in [0.1, 0.15) is 30.8 Å². The van der Waals surface area contributed by atoms with Crippen LogP contribution in [-0.2, 0) is 0 Å². The van der Waals surface area contributed by atoms with Crippen LogP contribution in [0, 0.1) is 11.3 Å². The summed E-state index contributed by atoms with van der Waals surface area (Å²) in [6, 6.07) is 7.36. The van der Waals surface area contributed by atoms with Crippen molar-refractivity contribution in [2.75, 3.05) is 13.1 Å². The van der Waals surface area contributed by atoms with Gasteiger partial charge in [0.25, 0.3) is 0 Å². The molecular weight excluding hydrogens is 274 g/mol. The van der Waals surface area contributed by atoms with Crippen LogP contribution >= 0.6 is 11.6 Å². The average Bonchev–Trinajstić information content (AvgIpc) is 3.06. The lowest BCUT2D eigenvalue weighted by Gasteiger charge is -2.29. The first-order valence-electron chi connectivity index (χ1n) is 6.98. The maximum atomic E-state index is 12.9. The molecule has 0 spiro atoms. The largest absolute Gasteiger partial charge is 0.451 e. The van der Waals surface area contributed by atoms with E-state index >= 15 is 0 Å². The maximum Gasteiger partial charge on any atom is 0.205 e. The predicted octanol–water partition coefficient (Wildman–Crippen LogP) is 3.90. The minimum atomic E-state index is -0.361. The predicted molar refractivity (Wildman–Crippen MR) is 80.3 cm³/mol. The Balaban J connectivity index is 2.06. The van der Waals surface area contributed by atoms with E-state index in [0.717, 1.165) is 18.4 Å². The normalized spacial score (nSPS) is 22.8. The third kappa shape index (κ3) is 1.97. The maximum absolute atomic E-state index is 12.9. The summed E-state index contributed by atoms with van der Waals surface area (Å²) < 4.78 is 5.74. The van der Waals surface area contributed by atoms with E-state index in [0.29, 0.717) is 22.9 Å². The van der Waals surface area contributed by atoms with Crippen molar-refractivity contribution in [3.05, 3.63) is 35.0 Å². The quantitative estimate of drug-likeness (QED) is 0.872. The third-order valence-electron chi connectivity index (χ3n) is 4.47. The first-order valence-corrected chi connectivity index (χ1v) is 7.36. The number of furan rings is 1. The van der Waals surface area contributed by atoms with Crippen molar-refractivity contribution < 1.29 is 9.21 Å². The van der Waals surface area contributed by atoms with Gasteiger partial charge in [0, 0.05) is 11.9 Å². The summed E-state index contributed by atoms with van der Waals surface area (Å²) in [7, 11) is 0. The second-order valence-corrected chi connectivity index (χ2v) is 6.24. The molecule has 106 valence electrons. The van der Waals surface area contributed by atoms with Gasteiger partial charge in [0.05, 0.1) is 10.4 Å². The highest BCUT2D eigenvalue weighted by molar-refractivity contribution is 6.34. The van der Waals surface area contributed by atoms with E-state index in [1.54, 1.807) is 6.07 Å². The second-order valence-electron chi connectivity index (χ2n) is 5.84. The van der Waals surface area contributed by atoms with Gasteiger partial charge < -0.3 is 9.73 Å². The van der Waals surface area contributed by atoms with Crippen LogP contribution in [0.15, 0.2) is 28.7 Å². The van der Waals surface area contributed by atoms with Gasteiger partial charge in [-0.2, -0.15) is 0 Å². The van der Waals surface area contributed by atoms with Crippen LogP contribution in [0.4, 0.5) is 0 Å². The van der Waals surface area contributed by atoms with Gasteiger partial charge in [0.2, 0.25) is 5.78 Å². The molecule has 1 atom stereocenters. The van der Waals surface area contributed by atoms with Crippen LogP contribution in [0.3, 0.4) is 0 Å². The molecule has 0 radical (unpaired) electrons. The molecule has 1 unspecified atom stereocenters. The Labute approximate surface area is 123 Å². The second kappa shape index (κ2) is 4.90. The number of carbonyl (C=O) groups excluding carboxylic acids is 1. The number of halogens is 1. The molecular formula is C16H18ClNO2. The zero-order valence-corrected chi connectivity index (χ0v) is 12.5. The van der Waals surface area contributed by atoms with E-state index in [1.807, 2.05) is 18.2 Å². The molecule has 3 rings (SSSR count). The van der Waals surface area contributed by atoms with Gasteiger partial charge in [0.1, 0.15) is 0 Å². The minimum Gasteiger partial charge on any atom is -0.451 e. The number of fused-ring (bicyclic) bond motifs is 1. The number of benzene rings is 1. The molecule has 2 heterocycles. The summed E-state index contributed by atoms with van der Waals surface area (Å²) in [6.07, 6.45) is 0.855. The molecule has 3 nitrogen and oxygen atoms in total. The lowest BCUT2D eigenvalue weighted by Crippen LogP contribution is -2.38. The fourth-order valence-corrected chi connectivity index (χ4v) is 3.27. The molecule has 0 amide bonds. The van der Waals surface area contributed by atoms with Crippen molar-refractivity contribution in [2.24, 2.45) is 11.3 Å². The van der Waals surface area contributed by atoms with Crippen molar-refractivity contribution >= 4 is 28.4 Å². The molecule has 4 heteroatoms. The van der Waals surface area contributed by atoms with E-state index in [-0.39, 0.29) is 17.1 Å². The zero-order chi connectivity index (χ0) is 14.3. The number of rotatable bonds is 3. The molecule has 20 heavy (non-hydrogen) atoms. The van der Waals surface area contributed by atoms with Gasteiger partial charge in [-0.25, -0.2) is 0 Å². The monoisotopic (exact) mass is 291 g/mol. The zero-order valence-electron chi connectivity index (χ0n) is 11.7. The van der Waals surface area contributed by atoms with Crippen molar-refractivity contribution in [2.45, 2.75) is 20.3 Å². The number of nitrogens with one attached hydrogen (secondary N) is 1. The van der Waals surface area contributed by atoms with Gasteiger partial charge in [0.15, 0.2) is 11.3 Å². The van der Waals surface area contributed by atoms with Crippen molar-refractivity contribution in [3.8, 4) is 0 Å². The Morgan fingerprint density at radius 1 is 1.45 bits per heavy atom. The summed E-state index contributed by atoms with van der Waals surface area (Å²) in [6.45, 7) is 5.79. The number of ketones is 1. The minimum absolute atomic E-state index is 0.0877. The number of para-hydroxylation sites is 1. The Morgan fingerprint density at radius 3 is 2.85 bits per heavy atom. The first kappa shape index (κ1) is 13.7. The van der Waals surface area contributed by atoms with Crippen LogP contribution < -0.4 is 5.32 Å². The fraction of sp³-hybridized carbons (Fsp3) is 0.438. The highest BCUT2D eigenvalue weighted by Crippen LogP contribution is 2.39. The molecule has 1 aliphatic rings. The smallest absolute Gasteiger partial charge is 0.205 e. The van der Waals surface area contributed by atoms with Crippen molar-refractivity contribution in [1.29, 1.82) is 0 Å². The average molecular weight is 292 g/mol. The standard InChI is InChI=1S/C16H18ClNO2/c1-10(2)16(6-7-18-9-16)15(19)13-8-11-4-3-5-12(17)14(11)20-13/h3-5,8,10,18H,6-7,9H2,1-2H3. The third-order valence-corrected chi connectivity index (χ3v) is 4.76. The highest BCUT2D eigenvalue weighted by atomic mass is 35.5. The Kier molecular flexibility index (Phi) is 3.35. The summed E-state index contributed by atoms with van der Waals surface area (Å²) in [5.74, 6) is 0.781. The van der Waals surface area contributed by atoms with E-state index in [9.17, 15) is 4.79 Å².